The molecule has 0 aromatic heterocycles. The first-order valence-electron chi connectivity index (χ1n) is 14.8. The molecule has 0 amide bonds. The van der Waals surface area contributed by atoms with E-state index in [2.05, 4.69) is 183 Å². The van der Waals surface area contributed by atoms with Crippen LogP contribution in [-0.2, 0) is 5.41 Å². The fourth-order valence-corrected chi connectivity index (χ4v) is 7.00. The van der Waals surface area contributed by atoms with E-state index in [4.69, 9.17) is 0 Å². The fraction of sp³-hybridized carbons (Fsp3) is 0.122. The van der Waals surface area contributed by atoms with Gasteiger partial charge in [0.05, 0.1) is 5.41 Å². The SMILES string of the molecule is CC(C)(C)N(c1cccc(-c2ccccc2)c1)c1cccc2c1-c1ccccc1C2(c1ccccc1)c1ccccc1. The highest BCUT2D eigenvalue weighted by molar-refractivity contribution is 5.95. The van der Waals surface area contributed by atoms with E-state index in [0.29, 0.717) is 0 Å². The normalized spacial score (nSPS) is 13.3. The highest BCUT2D eigenvalue weighted by Crippen LogP contribution is 2.59. The second-order valence-corrected chi connectivity index (χ2v) is 12.1. The minimum atomic E-state index is -0.417. The summed E-state index contributed by atoms with van der Waals surface area (Å²) < 4.78 is 0. The molecule has 0 saturated heterocycles. The van der Waals surface area contributed by atoms with Crippen LogP contribution in [0.5, 0.6) is 0 Å². The lowest BCUT2D eigenvalue weighted by Gasteiger charge is -2.40. The largest absolute Gasteiger partial charge is 0.336 e. The van der Waals surface area contributed by atoms with Gasteiger partial charge in [0.15, 0.2) is 0 Å². The maximum atomic E-state index is 2.53. The lowest BCUT2D eigenvalue weighted by Crippen LogP contribution is -2.38. The van der Waals surface area contributed by atoms with E-state index >= 15 is 0 Å². The van der Waals surface area contributed by atoms with Gasteiger partial charge in [-0.1, -0.05) is 140 Å². The number of hydrogen-bond donors (Lipinski definition) is 0. The van der Waals surface area contributed by atoms with Gasteiger partial charge in [-0.3, -0.25) is 0 Å². The molecule has 0 unspecified atom stereocenters. The Morgan fingerprint density at radius 3 is 1.64 bits per heavy atom. The van der Waals surface area contributed by atoms with E-state index in [1.54, 1.807) is 0 Å². The Balaban J connectivity index is 1.53. The van der Waals surface area contributed by atoms with Gasteiger partial charge in [0.2, 0.25) is 0 Å². The van der Waals surface area contributed by atoms with Crippen molar-refractivity contribution in [1.29, 1.82) is 0 Å². The van der Waals surface area contributed by atoms with Crippen molar-refractivity contribution in [3.05, 3.63) is 180 Å². The van der Waals surface area contributed by atoms with Crippen LogP contribution in [0.4, 0.5) is 11.4 Å². The zero-order valence-electron chi connectivity index (χ0n) is 24.5. The predicted octanol–water partition coefficient (Wildman–Crippen LogP) is 10.7. The Hall–Kier alpha value is -4.88. The van der Waals surface area contributed by atoms with Gasteiger partial charge in [-0.25, -0.2) is 0 Å². The molecule has 0 saturated carbocycles. The summed E-state index contributed by atoms with van der Waals surface area (Å²) >= 11 is 0. The van der Waals surface area contributed by atoms with Gasteiger partial charge in [-0.2, -0.15) is 0 Å². The lowest BCUT2D eigenvalue weighted by molar-refractivity contribution is 0.560. The van der Waals surface area contributed by atoms with Crippen molar-refractivity contribution in [2.24, 2.45) is 0 Å². The first-order chi connectivity index (χ1) is 20.5. The number of benzene rings is 6. The monoisotopic (exact) mass is 541 g/mol. The summed E-state index contributed by atoms with van der Waals surface area (Å²) in [5.74, 6) is 0. The first kappa shape index (κ1) is 26.0. The molecule has 0 N–H and O–H groups in total. The standard InChI is InChI=1S/C41H35N/c1-40(2,3)42(34-24-15-19-31(29-34)30-17-7-4-8-18-30)38-28-16-27-37-39(38)35-25-13-14-26-36(35)41(37,32-20-9-5-10-21-32)33-22-11-6-12-23-33/h4-29H,1-3H3. The molecule has 6 aromatic rings. The molecule has 0 aliphatic heterocycles. The molecular formula is C41H35N. The third kappa shape index (κ3) is 4.08. The summed E-state index contributed by atoms with van der Waals surface area (Å²) in [6.07, 6.45) is 0. The van der Waals surface area contributed by atoms with Crippen LogP contribution in [0.15, 0.2) is 158 Å². The second-order valence-electron chi connectivity index (χ2n) is 12.1. The summed E-state index contributed by atoms with van der Waals surface area (Å²) in [4.78, 5) is 2.53. The van der Waals surface area contributed by atoms with E-state index in [9.17, 15) is 0 Å². The minimum Gasteiger partial charge on any atom is -0.336 e. The van der Waals surface area contributed by atoms with Gasteiger partial charge in [0, 0.05) is 22.5 Å². The van der Waals surface area contributed by atoms with Crippen LogP contribution in [0, 0.1) is 0 Å². The van der Waals surface area contributed by atoms with Crippen molar-refractivity contribution in [2.45, 2.75) is 31.7 Å². The molecule has 0 spiro atoms. The second kappa shape index (κ2) is 10.2. The Morgan fingerprint density at radius 2 is 1.00 bits per heavy atom. The first-order valence-corrected chi connectivity index (χ1v) is 14.8. The van der Waals surface area contributed by atoms with Crippen LogP contribution in [0.25, 0.3) is 22.3 Å². The van der Waals surface area contributed by atoms with Gasteiger partial charge >= 0.3 is 0 Å². The molecule has 1 aliphatic rings. The van der Waals surface area contributed by atoms with Crippen LogP contribution in [0.3, 0.4) is 0 Å². The Bertz CT molecular complexity index is 1810. The van der Waals surface area contributed by atoms with Crippen molar-refractivity contribution in [3.63, 3.8) is 0 Å². The highest BCUT2D eigenvalue weighted by Gasteiger charge is 2.47. The summed E-state index contributed by atoms with van der Waals surface area (Å²) in [5, 5.41) is 0. The lowest BCUT2D eigenvalue weighted by atomic mass is 9.67. The number of nitrogens with zero attached hydrogens (tertiary/aromatic N) is 1. The molecule has 0 bridgehead atoms. The summed E-state index contributed by atoms with van der Waals surface area (Å²) in [6.45, 7) is 6.93. The van der Waals surface area contributed by atoms with Crippen LogP contribution in [0.1, 0.15) is 43.0 Å². The van der Waals surface area contributed by atoms with Crippen molar-refractivity contribution in [3.8, 4) is 22.3 Å². The van der Waals surface area contributed by atoms with Crippen molar-refractivity contribution >= 4 is 11.4 Å². The zero-order valence-corrected chi connectivity index (χ0v) is 24.5. The molecule has 204 valence electrons. The molecular weight excluding hydrogens is 506 g/mol. The number of rotatable bonds is 5. The average molecular weight is 542 g/mol. The molecule has 42 heavy (non-hydrogen) atoms. The van der Waals surface area contributed by atoms with Crippen LogP contribution >= 0.6 is 0 Å². The Kier molecular flexibility index (Phi) is 6.32. The predicted molar refractivity (Wildman–Crippen MR) is 178 cm³/mol. The zero-order chi connectivity index (χ0) is 28.7. The third-order valence-corrected chi connectivity index (χ3v) is 8.58. The van der Waals surface area contributed by atoms with Gasteiger partial charge < -0.3 is 4.90 Å². The van der Waals surface area contributed by atoms with E-state index in [1.165, 1.54) is 55.9 Å². The quantitative estimate of drug-likeness (QED) is 0.209. The fourth-order valence-electron chi connectivity index (χ4n) is 7.00. The van der Waals surface area contributed by atoms with E-state index in [0.717, 1.165) is 0 Å². The maximum absolute atomic E-state index is 2.53. The number of fused-ring (bicyclic) bond motifs is 3. The van der Waals surface area contributed by atoms with Crippen molar-refractivity contribution in [2.75, 3.05) is 4.90 Å². The molecule has 0 heterocycles. The van der Waals surface area contributed by atoms with Gasteiger partial charge in [-0.15, -0.1) is 0 Å². The van der Waals surface area contributed by atoms with Gasteiger partial charge in [-0.05, 0) is 77.9 Å². The Morgan fingerprint density at radius 1 is 0.476 bits per heavy atom. The maximum Gasteiger partial charge on any atom is 0.0714 e. The third-order valence-electron chi connectivity index (χ3n) is 8.58. The molecule has 1 heteroatoms. The smallest absolute Gasteiger partial charge is 0.0714 e. The summed E-state index contributed by atoms with van der Waals surface area (Å²) in [5.41, 5.74) is 12.1. The van der Waals surface area contributed by atoms with Crippen LogP contribution < -0.4 is 4.90 Å². The number of hydrogen-bond acceptors (Lipinski definition) is 1. The van der Waals surface area contributed by atoms with Crippen LogP contribution in [-0.4, -0.2) is 5.54 Å². The van der Waals surface area contributed by atoms with Crippen LogP contribution in [0.2, 0.25) is 0 Å². The summed E-state index contributed by atoms with van der Waals surface area (Å²) in [6, 6.07) is 57.6. The molecule has 0 fully saturated rings. The molecule has 7 rings (SSSR count). The van der Waals surface area contributed by atoms with E-state index < -0.39 is 5.41 Å². The highest BCUT2D eigenvalue weighted by atomic mass is 15.2. The molecule has 1 aliphatic carbocycles. The van der Waals surface area contributed by atoms with Crippen molar-refractivity contribution in [1.82, 2.24) is 0 Å². The van der Waals surface area contributed by atoms with Crippen molar-refractivity contribution < 1.29 is 0 Å². The van der Waals surface area contributed by atoms with Gasteiger partial charge in [0.25, 0.3) is 0 Å². The minimum absolute atomic E-state index is 0.176. The van der Waals surface area contributed by atoms with Gasteiger partial charge in [0.1, 0.15) is 0 Å². The topological polar surface area (TPSA) is 3.24 Å². The molecule has 1 nitrogen and oxygen atoms in total. The Labute approximate surface area is 249 Å². The van der Waals surface area contributed by atoms with E-state index in [-0.39, 0.29) is 5.54 Å². The average Bonchev–Trinajstić information content (AvgIpc) is 3.34. The van der Waals surface area contributed by atoms with E-state index in [1.807, 2.05) is 0 Å². The number of anilines is 2. The molecule has 0 radical (unpaired) electrons. The summed E-state index contributed by atoms with van der Waals surface area (Å²) in [7, 11) is 0. The molecule has 0 atom stereocenters. The molecule has 6 aromatic carbocycles.